The van der Waals surface area contributed by atoms with Gasteiger partial charge in [0.2, 0.25) is 0 Å². The first-order valence-corrected chi connectivity index (χ1v) is 9.33. The summed E-state index contributed by atoms with van der Waals surface area (Å²) in [6, 6.07) is 7.68. The number of aromatic nitrogens is 3. The van der Waals surface area contributed by atoms with E-state index >= 15 is 0 Å². The van der Waals surface area contributed by atoms with Crippen LogP contribution >= 0.6 is 35.6 Å². The van der Waals surface area contributed by atoms with E-state index in [-0.39, 0.29) is 30.0 Å². The average Bonchev–Trinajstić information content (AvgIpc) is 3.07. The molecule has 154 valence electrons. The SMILES string of the molecule is CN=C(NCCOc1ccccc1Cl)NC1CCc2nc(COC)nn2C1.I. The molecule has 0 radical (unpaired) electrons. The molecule has 1 aliphatic rings. The molecule has 10 heteroatoms. The van der Waals surface area contributed by atoms with Crippen molar-refractivity contribution in [3.8, 4) is 5.75 Å². The summed E-state index contributed by atoms with van der Waals surface area (Å²) in [5, 5.41) is 11.8. The van der Waals surface area contributed by atoms with Crippen molar-refractivity contribution in [1.82, 2.24) is 25.4 Å². The summed E-state index contributed by atoms with van der Waals surface area (Å²) < 4.78 is 12.7. The Balaban J connectivity index is 0.00000280. The predicted octanol–water partition coefficient (Wildman–Crippen LogP) is 2.25. The fourth-order valence-corrected chi connectivity index (χ4v) is 3.14. The Labute approximate surface area is 187 Å². The van der Waals surface area contributed by atoms with Crippen LogP contribution in [0.1, 0.15) is 18.1 Å². The Morgan fingerprint density at radius 2 is 2.21 bits per heavy atom. The van der Waals surface area contributed by atoms with Crippen LogP contribution in [0.15, 0.2) is 29.3 Å². The van der Waals surface area contributed by atoms with Gasteiger partial charge in [-0.1, -0.05) is 23.7 Å². The van der Waals surface area contributed by atoms with E-state index in [1.807, 2.05) is 28.9 Å². The second-order valence-corrected chi connectivity index (χ2v) is 6.62. The van der Waals surface area contributed by atoms with Crippen LogP contribution in [-0.2, 0) is 24.3 Å². The molecule has 1 aliphatic heterocycles. The zero-order chi connectivity index (χ0) is 19.1. The van der Waals surface area contributed by atoms with E-state index in [4.69, 9.17) is 21.1 Å². The lowest BCUT2D eigenvalue weighted by Gasteiger charge is -2.25. The van der Waals surface area contributed by atoms with Crippen molar-refractivity contribution in [1.29, 1.82) is 0 Å². The number of aryl methyl sites for hydroxylation is 1. The van der Waals surface area contributed by atoms with Crippen molar-refractivity contribution in [2.45, 2.75) is 32.0 Å². The summed E-state index contributed by atoms with van der Waals surface area (Å²) in [5.41, 5.74) is 0. The van der Waals surface area contributed by atoms with Gasteiger partial charge < -0.3 is 20.1 Å². The summed E-state index contributed by atoms with van der Waals surface area (Å²) in [4.78, 5) is 8.78. The van der Waals surface area contributed by atoms with Gasteiger partial charge in [0.15, 0.2) is 11.8 Å². The molecule has 0 saturated heterocycles. The minimum Gasteiger partial charge on any atom is -0.490 e. The van der Waals surface area contributed by atoms with Crippen molar-refractivity contribution in [3.63, 3.8) is 0 Å². The standard InChI is InChI=1S/C18H25ClN6O2.HI/c1-20-18(21-9-10-27-15-6-4-3-5-14(15)19)22-13-7-8-17-23-16(12-26-2)24-25(17)11-13;/h3-6,13H,7-12H2,1-2H3,(H2,20,21,22);1H. The highest BCUT2D eigenvalue weighted by atomic mass is 127. The highest BCUT2D eigenvalue weighted by molar-refractivity contribution is 14.0. The Morgan fingerprint density at radius 3 is 2.96 bits per heavy atom. The number of nitrogens with zero attached hydrogens (tertiary/aromatic N) is 4. The maximum Gasteiger partial charge on any atom is 0.191 e. The number of guanidine groups is 1. The van der Waals surface area contributed by atoms with Crippen LogP contribution in [0, 0.1) is 0 Å². The summed E-state index contributed by atoms with van der Waals surface area (Å²) >= 11 is 6.08. The Bertz CT molecular complexity index is 785. The van der Waals surface area contributed by atoms with Crippen molar-refractivity contribution in [2.75, 3.05) is 27.3 Å². The van der Waals surface area contributed by atoms with E-state index in [0.717, 1.165) is 37.0 Å². The highest BCUT2D eigenvalue weighted by Crippen LogP contribution is 2.22. The number of methoxy groups -OCH3 is 1. The maximum atomic E-state index is 6.08. The molecule has 3 rings (SSSR count). The molecule has 2 heterocycles. The number of benzene rings is 1. The molecule has 2 N–H and O–H groups in total. The van der Waals surface area contributed by atoms with Crippen LogP contribution in [0.2, 0.25) is 5.02 Å². The molecule has 0 spiro atoms. The monoisotopic (exact) mass is 520 g/mol. The number of nitrogens with one attached hydrogen (secondary N) is 2. The lowest BCUT2D eigenvalue weighted by Crippen LogP contribution is -2.47. The fraction of sp³-hybridized carbons (Fsp3) is 0.500. The smallest absolute Gasteiger partial charge is 0.191 e. The van der Waals surface area contributed by atoms with E-state index in [0.29, 0.717) is 30.5 Å². The number of ether oxygens (including phenoxy) is 2. The minimum atomic E-state index is 0. The van der Waals surface area contributed by atoms with Gasteiger partial charge in [-0.3, -0.25) is 4.99 Å². The summed E-state index contributed by atoms with van der Waals surface area (Å²) in [6.45, 7) is 2.29. The summed E-state index contributed by atoms with van der Waals surface area (Å²) in [6.07, 6.45) is 1.85. The molecule has 8 nitrogen and oxygen atoms in total. The van der Waals surface area contributed by atoms with Crippen LogP contribution in [0.4, 0.5) is 0 Å². The van der Waals surface area contributed by atoms with Crippen LogP contribution in [-0.4, -0.2) is 54.1 Å². The topological polar surface area (TPSA) is 85.6 Å². The van der Waals surface area contributed by atoms with E-state index in [1.54, 1.807) is 14.2 Å². The van der Waals surface area contributed by atoms with Gasteiger partial charge in [0, 0.05) is 26.6 Å². The zero-order valence-corrected chi connectivity index (χ0v) is 19.1. The lowest BCUT2D eigenvalue weighted by molar-refractivity contribution is 0.177. The lowest BCUT2D eigenvalue weighted by atomic mass is 10.1. The summed E-state index contributed by atoms with van der Waals surface area (Å²) in [5.74, 6) is 3.16. The molecular weight excluding hydrogens is 495 g/mol. The number of aliphatic imine (C=N–C) groups is 1. The number of halogens is 2. The van der Waals surface area contributed by atoms with Crippen LogP contribution in [0.25, 0.3) is 0 Å². The van der Waals surface area contributed by atoms with Gasteiger partial charge in [0.25, 0.3) is 0 Å². The second kappa shape index (κ2) is 11.4. The van der Waals surface area contributed by atoms with Crippen molar-refractivity contribution < 1.29 is 9.47 Å². The molecule has 1 aromatic carbocycles. The number of para-hydroxylation sites is 1. The molecule has 0 saturated carbocycles. The Hall–Kier alpha value is -1.59. The molecule has 28 heavy (non-hydrogen) atoms. The maximum absolute atomic E-state index is 6.08. The zero-order valence-electron chi connectivity index (χ0n) is 16.0. The predicted molar refractivity (Wildman–Crippen MR) is 120 cm³/mol. The third kappa shape index (κ3) is 6.21. The quantitative estimate of drug-likeness (QED) is 0.252. The first-order chi connectivity index (χ1) is 13.2. The third-order valence-corrected chi connectivity index (χ3v) is 4.54. The van der Waals surface area contributed by atoms with Crippen molar-refractivity contribution in [3.05, 3.63) is 40.9 Å². The number of hydrogen-bond donors (Lipinski definition) is 2. The van der Waals surface area contributed by atoms with Gasteiger partial charge in [-0.2, -0.15) is 5.10 Å². The van der Waals surface area contributed by atoms with E-state index in [1.165, 1.54) is 0 Å². The van der Waals surface area contributed by atoms with Crippen LogP contribution < -0.4 is 15.4 Å². The van der Waals surface area contributed by atoms with E-state index < -0.39 is 0 Å². The number of hydrogen-bond acceptors (Lipinski definition) is 5. The highest BCUT2D eigenvalue weighted by Gasteiger charge is 2.22. The molecule has 1 atom stereocenters. The van der Waals surface area contributed by atoms with Crippen LogP contribution in [0.3, 0.4) is 0 Å². The second-order valence-electron chi connectivity index (χ2n) is 6.22. The van der Waals surface area contributed by atoms with Crippen LogP contribution in [0.5, 0.6) is 5.75 Å². The number of fused-ring (bicyclic) bond motifs is 1. The third-order valence-electron chi connectivity index (χ3n) is 4.23. The van der Waals surface area contributed by atoms with Gasteiger partial charge in [0.05, 0.1) is 18.1 Å². The molecule has 0 bridgehead atoms. The molecule has 1 unspecified atom stereocenters. The van der Waals surface area contributed by atoms with Gasteiger partial charge in [-0.15, -0.1) is 24.0 Å². The Morgan fingerprint density at radius 1 is 1.39 bits per heavy atom. The Kier molecular flexibility index (Phi) is 9.26. The normalized spacial score (nSPS) is 16.1. The van der Waals surface area contributed by atoms with Gasteiger partial charge in [0.1, 0.15) is 24.8 Å². The summed E-state index contributed by atoms with van der Waals surface area (Å²) in [7, 11) is 3.40. The molecule has 0 fully saturated rings. The largest absolute Gasteiger partial charge is 0.490 e. The van der Waals surface area contributed by atoms with Gasteiger partial charge >= 0.3 is 0 Å². The minimum absolute atomic E-state index is 0. The van der Waals surface area contributed by atoms with Gasteiger partial charge in [-0.25, -0.2) is 9.67 Å². The number of rotatable bonds is 7. The molecule has 0 aliphatic carbocycles. The molecule has 2 aromatic rings. The fourth-order valence-electron chi connectivity index (χ4n) is 2.95. The molecular formula is C18H26ClIN6O2. The van der Waals surface area contributed by atoms with Crippen molar-refractivity contribution in [2.24, 2.45) is 4.99 Å². The molecule has 0 amide bonds. The van der Waals surface area contributed by atoms with Crippen molar-refractivity contribution >= 4 is 41.5 Å². The first kappa shape index (κ1) is 22.7. The molecule has 1 aromatic heterocycles. The van der Waals surface area contributed by atoms with E-state index in [9.17, 15) is 0 Å². The average molecular weight is 521 g/mol. The first-order valence-electron chi connectivity index (χ1n) is 8.95. The van der Waals surface area contributed by atoms with Gasteiger partial charge in [-0.05, 0) is 18.6 Å². The van der Waals surface area contributed by atoms with E-state index in [2.05, 4.69) is 25.7 Å².